The lowest BCUT2D eigenvalue weighted by molar-refractivity contribution is 0.220. The van der Waals surface area contributed by atoms with Crippen molar-refractivity contribution in [3.8, 4) is 0 Å². The van der Waals surface area contributed by atoms with Gasteiger partial charge in [0.2, 0.25) is 0 Å². The number of hydrogen-bond donors (Lipinski definition) is 3. The van der Waals surface area contributed by atoms with Gasteiger partial charge in [-0.05, 0) is 0 Å². The van der Waals surface area contributed by atoms with Gasteiger partial charge in [0.05, 0.1) is 21.3 Å². The van der Waals surface area contributed by atoms with Gasteiger partial charge in [0.15, 0.2) is 17.7 Å². The van der Waals surface area contributed by atoms with Gasteiger partial charge in [-0.1, -0.05) is 0 Å². The van der Waals surface area contributed by atoms with Gasteiger partial charge in [-0.25, -0.2) is 0 Å². The largest absolute Gasteiger partial charge is 0.484 e. The third kappa shape index (κ3) is 10.3. The molecule has 0 spiro atoms. The average molecular weight is 385 g/mol. The van der Waals surface area contributed by atoms with Crippen LogP contribution in [0.5, 0.6) is 0 Å². The molecule has 1 saturated heterocycles. The zero-order valence-electron chi connectivity index (χ0n) is 17.1. The highest BCUT2D eigenvalue weighted by Gasteiger charge is 2.17. The minimum absolute atomic E-state index is 0.311. The maximum absolute atomic E-state index is 7.70. The minimum atomic E-state index is 0.311. The van der Waals surface area contributed by atoms with Gasteiger partial charge in [0, 0.05) is 78.2 Å². The van der Waals surface area contributed by atoms with Crippen LogP contribution >= 0.6 is 0 Å². The van der Waals surface area contributed by atoms with Crippen molar-refractivity contribution in [1.82, 2.24) is 14.7 Å². The van der Waals surface area contributed by atoms with Crippen molar-refractivity contribution in [3.05, 3.63) is 0 Å². The first-order chi connectivity index (χ1) is 13.0. The Bertz CT molecular complexity index is 395. The van der Waals surface area contributed by atoms with Gasteiger partial charge >= 0.3 is 0 Å². The summed E-state index contributed by atoms with van der Waals surface area (Å²) in [5.41, 5.74) is 0. The molecule has 0 aromatic heterocycles. The van der Waals surface area contributed by atoms with Crippen molar-refractivity contribution in [2.24, 2.45) is 0 Å². The predicted molar refractivity (Wildman–Crippen MR) is 107 cm³/mol. The summed E-state index contributed by atoms with van der Waals surface area (Å²) in [6, 6.07) is 0. The van der Waals surface area contributed by atoms with Gasteiger partial charge in [-0.3, -0.25) is 16.2 Å². The molecule has 27 heavy (non-hydrogen) atoms. The van der Waals surface area contributed by atoms with E-state index in [0.29, 0.717) is 37.0 Å². The van der Waals surface area contributed by atoms with Crippen LogP contribution in [0.15, 0.2) is 0 Å². The second kappa shape index (κ2) is 13.5. The minimum Gasteiger partial charge on any atom is -0.484 e. The Labute approximate surface area is 163 Å². The predicted octanol–water partition coefficient (Wildman–Crippen LogP) is 0.947. The van der Waals surface area contributed by atoms with Crippen molar-refractivity contribution in [2.45, 2.75) is 19.3 Å². The molecule has 0 radical (unpaired) electrons. The molecular formula is C18H36N6O3. The molecule has 0 amide bonds. The monoisotopic (exact) mass is 384 g/mol. The van der Waals surface area contributed by atoms with Gasteiger partial charge in [-0.15, -0.1) is 0 Å². The summed E-state index contributed by atoms with van der Waals surface area (Å²) < 4.78 is 14.9. The van der Waals surface area contributed by atoms with Crippen molar-refractivity contribution in [1.29, 1.82) is 16.2 Å². The fraction of sp³-hybridized carbons (Fsp3) is 0.833. The fourth-order valence-corrected chi connectivity index (χ4v) is 2.94. The Morgan fingerprint density at radius 3 is 0.963 bits per heavy atom. The van der Waals surface area contributed by atoms with Gasteiger partial charge in [0.25, 0.3) is 0 Å². The van der Waals surface area contributed by atoms with E-state index in [1.807, 2.05) is 0 Å². The summed E-state index contributed by atoms with van der Waals surface area (Å²) in [5.74, 6) is 0.932. The van der Waals surface area contributed by atoms with E-state index in [9.17, 15) is 0 Å². The van der Waals surface area contributed by atoms with Crippen LogP contribution in [-0.2, 0) is 14.2 Å². The van der Waals surface area contributed by atoms with Crippen molar-refractivity contribution < 1.29 is 14.2 Å². The van der Waals surface area contributed by atoms with Crippen LogP contribution in [0.25, 0.3) is 0 Å². The zero-order valence-corrected chi connectivity index (χ0v) is 17.1. The average Bonchev–Trinajstić information content (AvgIpc) is 2.79. The third-order valence-electron chi connectivity index (χ3n) is 4.90. The molecule has 0 aromatic carbocycles. The summed E-state index contributed by atoms with van der Waals surface area (Å²) in [6.07, 6.45) is 1.83. The Kier molecular flexibility index (Phi) is 11.6. The third-order valence-corrected chi connectivity index (χ3v) is 4.90. The van der Waals surface area contributed by atoms with Gasteiger partial charge in [0.1, 0.15) is 0 Å². The molecule has 0 bridgehead atoms. The first kappa shape index (κ1) is 23.3. The molecule has 1 fully saturated rings. The zero-order chi connectivity index (χ0) is 20.1. The van der Waals surface area contributed by atoms with E-state index in [1.165, 1.54) is 0 Å². The Hall–Kier alpha value is -1.71. The molecule has 9 nitrogen and oxygen atoms in total. The van der Waals surface area contributed by atoms with Crippen molar-refractivity contribution >= 4 is 17.7 Å². The number of ether oxygens (including phenoxy) is 3. The van der Waals surface area contributed by atoms with Crippen LogP contribution in [0.3, 0.4) is 0 Å². The Morgan fingerprint density at radius 2 is 0.778 bits per heavy atom. The van der Waals surface area contributed by atoms with E-state index in [1.54, 1.807) is 21.3 Å². The molecular weight excluding hydrogens is 348 g/mol. The highest BCUT2D eigenvalue weighted by atomic mass is 16.5. The van der Waals surface area contributed by atoms with Crippen LogP contribution in [0.1, 0.15) is 19.3 Å². The summed E-state index contributed by atoms with van der Waals surface area (Å²) in [5, 5.41) is 23.1. The molecule has 0 aromatic rings. The maximum Gasteiger partial charge on any atom is 0.181 e. The topological polar surface area (TPSA) is 109 Å². The lowest BCUT2D eigenvalue weighted by Gasteiger charge is -2.25. The van der Waals surface area contributed by atoms with Crippen LogP contribution in [0.4, 0.5) is 0 Å². The van der Waals surface area contributed by atoms with Gasteiger partial charge in [-0.2, -0.15) is 0 Å². The van der Waals surface area contributed by atoms with Crippen LogP contribution in [-0.4, -0.2) is 113 Å². The van der Waals surface area contributed by atoms with Crippen molar-refractivity contribution in [3.63, 3.8) is 0 Å². The smallest absolute Gasteiger partial charge is 0.181 e. The lowest BCUT2D eigenvalue weighted by Crippen LogP contribution is -2.37. The molecule has 1 aliphatic rings. The van der Waals surface area contributed by atoms with E-state index >= 15 is 0 Å². The fourth-order valence-electron chi connectivity index (χ4n) is 2.94. The lowest BCUT2D eigenvalue weighted by atomic mass is 10.3. The quantitative estimate of drug-likeness (QED) is 0.403. The summed E-state index contributed by atoms with van der Waals surface area (Å²) in [6.45, 7) is 7.98. The second-order valence-corrected chi connectivity index (χ2v) is 6.66. The maximum atomic E-state index is 7.70. The number of nitrogens with one attached hydrogen (secondary N) is 3. The highest BCUT2D eigenvalue weighted by molar-refractivity contribution is 5.73. The summed E-state index contributed by atoms with van der Waals surface area (Å²) >= 11 is 0. The molecule has 1 rings (SSSR count). The number of methoxy groups -OCH3 is 3. The SMILES string of the molecule is COC(=N)CCN1CCN(CCC(=N)OC)CCN(CCC(=N)OC)CC1. The summed E-state index contributed by atoms with van der Waals surface area (Å²) in [7, 11) is 4.62. The molecule has 0 aliphatic carbocycles. The van der Waals surface area contributed by atoms with E-state index < -0.39 is 0 Å². The Morgan fingerprint density at radius 1 is 0.556 bits per heavy atom. The molecule has 156 valence electrons. The molecule has 0 saturated carbocycles. The molecule has 0 atom stereocenters. The molecule has 0 unspecified atom stereocenters. The van der Waals surface area contributed by atoms with E-state index in [0.717, 1.165) is 58.9 Å². The Balaban J connectivity index is 2.64. The molecule has 1 heterocycles. The highest BCUT2D eigenvalue weighted by Crippen LogP contribution is 2.04. The standard InChI is InChI=1S/C18H36N6O3/c1-25-16(19)4-7-22-10-12-23(8-5-17(20)26-2)14-15-24(13-11-22)9-6-18(21)27-3/h19-21H,4-15H2,1-3H3. The van der Waals surface area contributed by atoms with E-state index in [2.05, 4.69) is 14.7 Å². The van der Waals surface area contributed by atoms with Crippen LogP contribution < -0.4 is 0 Å². The van der Waals surface area contributed by atoms with E-state index in [-0.39, 0.29) is 0 Å². The first-order valence-electron chi connectivity index (χ1n) is 9.49. The molecule has 1 aliphatic heterocycles. The number of hydrogen-bond acceptors (Lipinski definition) is 9. The second-order valence-electron chi connectivity index (χ2n) is 6.66. The van der Waals surface area contributed by atoms with Crippen molar-refractivity contribution in [2.75, 3.05) is 80.2 Å². The first-order valence-corrected chi connectivity index (χ1v) is 9.49. The number of rotatable bonds is 9. The van der Waals surface area contributed by atoms with E-state index in [4.69, 9.17) is 30.4 Å². The molecule has 9 heteroatoms. The summed E-state index contributed by atoms with van der Waals surface area (Å²) in [4.78, 5) is 7.09. The van der Waals surface area contributed by atoms with Crippen LogP contribution in [0, 0.1) is 16.2 Å². The normalized spacial score (nSPS) is 17.4. The molecule has 3 N–H and O–H groups in total. The van der Waals surface area contributed by atoms with Crippen LogP contribution in [0.2, 0.25) is 0 Å². The number of nitrogens with zero attached hydrogens (tertiary/aromatic N) is 3. The van der Waals surface area contributed by atoms with Gasteiger partial charge < -0.3 is 28.9 Å².